The number of hydrogen-bond donors (Lipinski definition) is 0. The minimum absolute atomic E-state index is 0.690. The van der Waals surface area contributed by atoms with E-state index in [2.05, 4.69) is 56.3 Å². The molecule has 32 heavy (non-hydrogen) atoms. The maximum absolute atomic E-state index is 4.55. The zero-order chi connectivity index (χ0) is 21.6. The van der Waals surface area contributed by atoms with Crippen LogP contribution >= 0.6 is 0 Å². The minimum atomic E-state index is 0.690. The summed E-state index contributed by atoms with van der Waals surface area (Å²) in [5.41, 5.74) is 7.72. The Hall–Kier alpha value is -4.36. The van der Waals surface area contributed by atoms with Crippen LogP contribution in [0.3, 0.4) is 0 Å². The number of benzene rings is 4. The average molecular weight is 412 g/mol. The third kappa shape index (κ3) is 4.38. The Balaban J connectivity index is 1.69. The van der Waals surface area contributed by atoms with Gasteiger partial charge in [-0.05, 0) is 46.5 Å². The first-order valence-electron chi connectivity index (χ1n) is 10.5. The molecule has 0 unspecified atom stereocenters. The monoisotopic (exact) mass is 412 g/mol. The summed E-state index contributed by atoms with van der Waals surface area (Å²) >= 11 is 0. The van der Waals surface area contributed by atoms with Crippen LogP contribution in [0.1, 0.15) is 22.3 Å². The summed E-state index contributed by atoms with van der Waals surface area (Å²) in [7, 11) is 0. The molecule has 0 saturated heterocycles. The van der Waals surface area contributed by atoms with Crippen molar-refractivity contribution < 1.29 is 0 Å². The van der Waals surface area contributed by atoms with E-state index in [0.29, 0.717) is 12.8 Å². The summed E-state index contributed by atoms with van der Waals surface area (Å²) in [6, 6.07) is 38.0. The standard InChI is InChI=1S/C28H20N4/c1-5-13-25-21(9-1)17-22-10-2-6-14-26(22)31-20-32-28-16-8-4-12-24(28)18-23-11-3-7-15-27(23)30-19-29-25/h1-16H,17-18H2. The molecule has 0 fully saturated rings. The fourth-order valence-corrected chi connectivity index (χ4v) is 3.75. The second kappa shape index (κ2) is 9.20. The Labute approximate surface area is 187 Å². The maximum Gasteiger partial charge on any atom is 0.100 e. The lowest BCUT2D eigenvalue weighted by Crippen LogP contribution is -1.90. The molecule has 0 aliphatic carbocycles. The second-order valence-corrected chi connectivity index (χ2v) is 7.52. The van der Waals surface area contributed by atoms with E-state index in [1.54, 1.807) is 0 Å². The van der Waals surface area contributed by atoms with Crippen molar-refractivity contribution in [3.63, 3.8) is 0 Å². The summed E-state index contributed by atoms with van der Waals surface area (Å²) in [5.74, 6) is 0. The first kappa shape index (κ1) is 19.6. The lowest BCUT2D eigenvalue weighted by Gasteiger charge is -2.08. The average Bonchev–Trinajstić information content (AvgIpc) is 2.83. The predicted octanol–water partition coefficient (Wildman–Crippen LogP) is 7.46. The van der Waals surface area contributed by atoms with Gasteiger partial charge in [0.15, 0.2) is 0 Å². The summed E-state index contributed by atoms with van der Waals surface area (Å²) in [6.45, 7) is 0. The SMILES string of the molecule is C1=Nc2ccccc2Cc2ccccc2N=C=Nc2ccccc2Cc2ccccc2N=1. The summed E-state index contributed by atoms with van der Waals surface area (Å²) in [4.78, 5) is 18.2. The molecule has 0 amide bonds. The lowest BCUT2D eigenvalue weighted by molar-refractivity contribution is 1.17. The molecule has 4 aromatic carbocycles. The number of fused-ring (bicyclic) bond motifs is 4. The highest BCUT2D eigenvalue weighted by molar-refractivity contribution is 5.66. The Morgan fingerprint density at radius 3 is 0.906 bits per heavy atom. The molecule has 1 aliphatic heterocycles. The van der Waals surface area contributed by atoms with Crippen LogP contribution in [0.25, 0.3) is 0 Å². The maximum atomic E-state index is 4.55. The highest BCUT2D eigenvalue weighted by atomic mass is 14.8. The van der Waals surface area contributed by atoms with Crippen molar-refractivity contribution >= 4 is 34.8 Å². The van der Waals surface area contributed by atoms with Gasteiger partial charge in [0.05, 0.1) is 22.7 Å². The Kier molecular flexibility index (Phi) is 5.63. The second-order valence-electron chi connectivity index (χ2n) is 7.52. The van der Waals surface area contributed by atoms with Crippen molar-refractivity contribution in [1.82, 2.24) is 0 Å². The molecule has 0 atom stereocenters. The molecule has 0 N–H and O–H groups in total. The van der Waals surface area contributed by atoms with Crippen molar-refractivity contribution in [3.05, 3.63) is 119 Å². The van der Waals surface area contributed by atoms with Crippen LogP contribution < -0.4 is 0 Å². The van der Waals surface area contributed by atoms with Crippen LogP contribution in [0.4, 0.5) is 22.7 Å². The largest absolute Gasteiger partial charge is 0.187 e. The molecule has 152 valence electrons. The normalized spacial score (nSPS) is 12.5. The van der Waals surface area contributed by atoms with E-state index in [1.807, 2.05) is 72.8 Å². The van der Waals surface area contributed by atoms with Gasteiger partial charge in [-0.1, -0.05) is 72.8 Å². The van der Waals surface area contributed by atoms with Gasteiger partial charge in [0.1, 0.15) is 12.0 Å². The molecule has 0 saturated carbocycles. The third-order valence-electron chi connectivity index (χ3n) is 5.41. The molecular formula is C28H20N4. The van der Waals surface area contributed by atoms with E-state index in [1.165, 1.54) is 0 Å². The number of nitrogens with zero attached hydrogens (tertiary/aromatic N) is 4. The van der Waals surface area contributed by atoms with Gasteiger partial charge >= 0.3 is 0 Å². The molecule has 4 nitrogen and oxygen atoms in total. The van der Waals surface area contributed by atoms with Gasteiger partial charge in [-0.3, -0.25) is 0 Å². The molecule has 0 bridgehead atoms. The van der Waals surface area contributed by atoms with Gasteiger partial charge in [0, 0.05) is 12.8 Å². The highest BCUT2D eigenvalue weighted by Crippen LogP contribution is 2.29. The van der Waals surface area contributed by atoms with Crippen molar-refractivity contribution in [2.75, 3.05) is 0 Å². The minimum Gasteiger partial charge on any atom is -0.187 e. The van der Waals surface area contributed by atoms with E-state index in [9.17, 15) is 0 Å². The summed E-state index contributed by atoms with van der Waals surface area (Å²) < 4.78 is 0. The van der Waals surface area contributed by atoms with Crippen LogP contribution in [-0.4, -0.2) is 12.0 Å². The van der Waals surface area contributed by atoms with E-state index in [0.717, 1.165) is 45.0 Å². The van der Waals surface area contributed by atoms with Gasteiger partial charge in [-0.25, -0.2) is 0 Å². The predicted molar refractivity (Wildman–Crippen MR) is 130 cm³/mol. The number of hydrogen-bond acceptors (Lipinski definition) is 4. The smallest absolute Gasteiger partial charge is 0.100 e. The number of para-hydroxylation sites is 4. The van der Waals surface area contributed by atoms with Crippen LogP contribution in [0.5, 0.6) is 0 Å². The molecule has 1 aliphatic rings. The number of aliphatic imine (C=N–C) groups is 4. The zero-order valence-corrected chi connectivity index (χ0v) is 17.4. The fourth-order valence-electron chi connectivity index (χ4n) is 3.75. The van der Waals surface area contributed by atoms with Gasteiger partial charge in [0.2, 0.25) is 0 Å². The molecule has 0 spiro atoms. The van der Waals surface area contributed by atoms with Gasteiger partial charge in [0.25, 0.3) is 0 Å². The zero-order valence-electron chi connectivity index (χ0n) is 17.4. The number of rotatable bonds is 0. The van der Waals surface area contributed by atoms with Gasteiger partial charge < -0.3 is 0 Å². The van der Waals surface area contributed by atoms with Gasteiger partial charge in [-0.2, -0.15) is 20.0 Å². The summed E-state index contributed by atoms with van der Waals surface area (Å²) in [5, 5.41) is 0. The van der Waals surface area contributed by atoms with Crippen molar-refractivity contribution in [3.8, 4) is 0 Å². The first-order valence-corrected chi connectivity index (χ1v) is 10.5. The van der Waals surface area contributed by atoms with Crippen LogP contribution in [0.15, 0.2) is 117 Å². The van der Waals surface area contributed by atoms with Gasteiger partial charge in [-0.15, -0.1) is 0 Å². The van der Waals surface area contributed by atoms with E-state index >= 15 is 0 Å². The summed E-state index contributed by atoms with van der Waals surface area (Å²) in [6.07, 6.45) is 1.38. The van der Waals surface area contributed by atoms with Crippen molar-refractivity contribution in [2.45, 2.75) is 12.8 Å². The van der Waals surface area contributed by atoms with E-state index in [-0.39, 0.29) is 0 Å². The van der Waals surface area contributed by atoms with Crippen molar-refractivity contribution in [1.29, 1.82) is 0 Å². The molecule has 1 heterocycles. The highest BCUT2D eigenvalue weighted by Gasteiger charge is 2.08. The molecule has 0 aromatic heterocycles. The quantitative estimate of drug-likeness (QED) is 0.253. The van der Waals surface area contributed by atoms with E-state index < -0.39 is 0 Å². The van der Waals surface area contributed by atoms with Crippen LogP contribution in [0, 0.1) is 0 Å². The Morgan fingerprint density at radius 1 is 0.375 bits per heavy atom. The van der Waals surface area contributed by atoms with Crippen LogP contribution in [0.2, 0.25) is 0 Å². The van der Waals surface area contributed by atoms with Crippen LogP contribution in [-0.2, 0) is 12.8 Å². The Morgan fingerprint density at radius 2 is 0.625 bits per heavy atom. The molecular weight excluding hydrogens is 392 g/mol. The lowest BCUT2D eigenvalue weighted by atomic mass is 10.0. The molecule has 5 rings (SSSR count). The molecule has 4 aromatic rings. The topological polar surface area (TPSA) is 49.4 Å². The third-order valence-corrected chi connectivity index (χ3v) is 5.41. The van der Waals surface area contributed by atoms with E-state index in [4.69, 9.17) is 0 Å². The Bertz CT molecular complexity index is 1200. The molecule has 0 radical (unpaired) electrons. The fraction of sp³-hybridized carbons (Fsp3) is 0.0714. The first-order chi connectivity index (χ1) is 15.9. The molecule has 4 heteroatoms. The van der Waals surface area contributed by atoms with Crippen molar-refractivity contribution in [2.24, 2.45) is 20.0 Å².